The lowest BCUT2D eigenvalue weighted by Gasteiger charge is -2.30. The fraction of sp³-hybridized carbons (Fsp3) is 0.357. The number of amides is 3. The zero-order chi connectivity index (χ0) is 25.9. The minimum absolute atomic E-state index is 0.214. The van der Waals surface area contributed by atoms with Gasteiger partial charge in [-0.1, -0.05) is 63.2 Å². The number of fused-ring (bicyclic) bond motifs is 1. The molecule has 0 saturated carbocycles. The van der Waals surface area contributed by atoms with Crippen LogP contribution in [0, 0.1) is 5.41 Å². The van der Waals surface area contributed by atoms with Gasteiger partial charge in [0.25, 0.3) is 0 Å². The van der Waals surface area contributed by atoms with Crippen LogP contribution >= 0.6 is 0 Å². The molecule has 4 rings (SSSR count). The minimum Gasteiger partial charge on any atom is -0.383 e. The number of pyridine rings is 1. The zero-order valence-electron chi connectivity index (χ0n) is 21.0. The number of nitrogens with one attached hydrogen (secondary N) is 2. The normalized spacial score (nSPS) is 16.5. The summed E-state index contributed by atoms with van der Waals surface area (Å²) in [7, 11) is 0. The highest BCUT2D eigenvalue weighted by Gasteiger charge is 2.39. The number of rotatable bonds is 6. The van der Waals surface area contributed by atoms with Gasteiger partial charge in [-0.2, -0.15) is 0 Å². The van der Waals surface area contributed by atoms with E-state index in [1.807, 2.05) is 54.6 Å². The molecule has 1 fully saturated rings. The van der Waals surface area contributed by atoms with E-state index in [4.69, 9.17) is 5.73 Å². The van der Waals surface area contributed by atoms with Crippen molar-refractivity contribution in [1.82, 2.24) is 20.5 Å². The summed E-state index contributed by atoms with van der Waals surface area (Å²) in [4.78, 5) is 45.4. The number of carbonyl (C=O) groups excluding carboxylic acids is 3. The van der Waals surface area contributed by atoms with E-state index in [-0.39, 0.29) is 17.7 Å². The highest BCUT2D eigenvalue weighted by Crippen LogP contribution is 2.26. The molecule has 8 nitrogen and oxygen atoms in total. The molecule has 3 amide bonds. The van der Waals surface area contributed by atoms with Crippen LogP contribution in [0.2, 0.25) is 0 Å². The molecular weight excluding hydrogens is 454 g/mol. The Labute approximate surface area is 211 Å². The number of hydrogen-bond acceptors (Lipinski definition) is 5. The van der Waals surface area contributed by atoms with E-state index in [0.717, 1.165) is 22.8 Å². The quantitative estimate of drug-likeness (QED) is 0.493. The molecular formula is C28H33N5O3. The van der Waals surface area contributed by atoms with Crippen molar-refractivity contribution in [2.75, 3.05) is 12.3 Å². The molecule has 188 valence electrons. The standard InChI is InChI=1S/C28H33N5O3/c1-28(2,3)27(36)32-23(20-8-5-4-6-9-20)26(35)33-15-7-10-22(33)25(34)31-17-18-11-12-19-13-14-30-24(29)21(19)16-18/h4-6,8-9,11-14,16,22-23H,7,10,15,17H2,1-3H3,(H2,29,30)(H,31,34)(H,32,36)/t22-,23?/m0/s1. The van der Waals surface area contributed by atoms with Crippen LogP contribution in [0.4, 0.5) is 5.82 Å². The summed E-state index contributed by atoms with van der Waals surface area (Å²) in [6, 6.07) is 15.4. The van der Waals surface area contributed by atoms with Crippen LogP contribution in [0.25, 0.3) is 10.8 Å². The molecule has 0 radical (unpaired) electrons. The fourth-order valence-electron chi connectivity index (χ4n) is 4.40. The van der Waals surface area contributed by atoms with E-state index in [0.29, 0.717) is 30.9 Å². The molecule has 1 aromatic heterocycles. The van der Waals surface area contributed by atoms with Crippen molar-refractivity contribution >= 4 is 34.3 Å². The predicted molar refractivity (Wildman–Crippen MR) is 140 cm³/mol. The molecule has 1 saturated heterocycles. The van der Waals surface area contributed by atoms with Crippen LogP contribution < -0.4 is 16.4 Å². The van der Waals surface area contributed by atoms with Crippen molar-refractivity contribution in [3.63, 3.8) is 0 Å². The SMILES string of the molecule is CC(C)(C)C(=O)NC(C(=O)N1CCC[C@H]1C(=O)NCc1ccc2ccnc(N)c2c1)c1ccccc1. The third kappa shape index (κ3) is 5.48. The van der Waals surface area contributed by atoms with Crippen LogP contribution in [0.5, 0.6) is 0 Å². The van der Waals surface area contributed by atoms with Crippen molar-refractivity contribution in [3.8, 4) is 0 Å². The van der Waals surface area contributed by atoms with Crippen molar-refractivity contribution in [3.05, 3.63) is 71.9 Å². The van der Waals surface area contributed by atoms with Gasteiger partial charge < -0.3 is 21.3 Å². The molecule has 1 unspecified atom stereocenters. The molecule has 1 aliphatic rings. The lowest BCUT2D eigenvalue weighted by atomic mass is 9.94. The Morgan fingerprint density at radius 2 is 1.86 bits per heavy atom. The van der Waals surface area contributed by atoms with Crippen LogP contribution in [-0.4, -0.2) is 40.2 Å². The zero-order valence-corrected chi connectivity index (χ0v) is 21.0. The van der Waals surface area contributed by atoms with Gasteiger partial charge in [-0.3, -0.25) is 14.4 Å². The number of anilines is 1. The smallest absolute Gasteiger partial charge is 0.250 e. The average Bonchev–Trinajstić information content (AvgIpc) is 3.36. The first-order valence-corrected chi connectivity index (χ1v) is 12.2. The number of hydrogen-bond donors (Lipinski definition) is 3. The van der Waals surface area contributed by atoms with Crippen molar-refractivity contribution < 1.29 is 14.4 Å². The number of aromatic nitrogens is 1. The van der Waals surface area contributed by atoms with Gasteiger partial charge in [0.1, 0.15) is 17.9 Å². The number of nitrogen functional groups attached to an aromatic ring is 1. The highest BCUT2D eigenvalue weighted by molar-refractivity contribution is 5.94. The second-order valence-corrected chi connectivity index (χ2v) is 10.2. The fourth-order valence-corrected chi connectivity index (χ4v) is 4.40. The van der Waals surface area contributed by atoms with Gasteiger partial charge in [0.05, 0.1) is 0 Å². The Morgan fingerprint density at radius 3 is 2.58 bits per heavy atom. The summed E-state index contributed by atoms with van der Waals surface area (Å²) >= 11 is 0. The number of likely N-dealkylation sites (tertiary alicyclic amines) is 1. The van der Waals surface area contributed by atoms with E-state index in [9.17, 15) is 14.4 Å². The monoisotopic (exact) mass is 487 g/mol. The summed E-state index contributed by atoms with van der Waals surface area (Å²) in [5.41, 5.74) is 6.92. The van der Waals surface area contributed by atoms with E-state index < -0.39 is 17.5 Å². The first-order chi connectivity index (χ1) is 17.1. The van der Waals surface area contributed by atoms with Crippen molar-refractivity contribution in [2.45, 2.75) is 52.2 Å². The molecule has 2 aromatic carbocycles. The van der Waals surface area contributed by atoms with Crippen molar-refractivity contribution in [1.29, 1.82) is 0 Å². The first kappa shape index (κ1) is 25.2. The minimum atomic E-state index is -0.859. The van der Waals surface area contributed by atoms with Gasteiger partial charge in [0.15, 0.2) is 0 Å². The molecule has 0 spiro atoms. The molecule has 0 bridgehead atoms. The summed E-state index contributed by atoms with van der Waals surface area (Å²) in [6.45, 7) is 6.18. The Kier molecular flexibility index (Phi) is 7.24. The molecule has 2 heterocycles. The molecule has 0 aliphatic carbocycles. The van der Waals surface area contributed by atoms with Crippen LogP contribution in [0.15, 0.2) is 60.8 Å². The average molecular weight is 488 g/mol. The topological polar surface area (TPSA) is 117 Å². The van der Waals surface area contributed by atoms with Crippen LogP contribution in [-0.2, 0) is 20.9 Å². The van der Waals surface area contributed by atoms with E-state index in [1.54, 1.807) is 31.9 Å². The summed E-state index contributed by atoms with van der Waals surface area (Å²) in [5.74, 6) is -0.275. The second-order valence-electron chi connectivity index (χ2n) is 10.2. The van der Waals surface area contributed by atoms with E-state index >= 15 is 0 Å². The van der Waals surface area contributed by atoms with Gasteiger partial charge in [-0.05, 0) is 41.5 Å². The number of nitrogens with two attached hydrogens (primary N) is 1. The maximum absolute atomic E-state index is 13.7. The lowest BCUT2D eigenvalue weighted by Crippen LogP contribution is -2.51. The number of nitrogens with zero attached hydrogens (tertiary/aromatic N) is 2. The molecule has 36 heavy (non-hydrogen) atoms. The Hall–Kier alpha value is -3.94. The first-order valence-electron chi connectivity index (χ1n) is 12.2. The molecule has 1 aliphatic heterocycles. The Bertz CT molecular complexity index is 1270. The maximum Gasteiger partial charge on any atom is 0.250 e. The van der Waals surface area contributed by atoms with Crippen molar-refractivity contribution in [2.24, 2.45) is 5.41 Å². The third-order valence-corrected chi connectivity index (χ3v) is 6.50. The summed E-state index contributed by atoms with van der Waals surface area (Å²) in [6.07, 6.45) is 2.95. The van der Waals surface area contributed by atoms with Gasteiger partial charge in [-0.25, -0.2) is 4.98 Å². The second kappa shape index (κ2) is 10.4. The van der Waals surface area contributed by atoms with E-state index in [1.165, 1.54) is 0 Å². The highest BCUT2D eigenvalue weighted by atomic mass is 16.2. The van der Waals surface area contributed by atoms with E-state index in [2.05, 4.69) is 15.6 Å². The molecule has 4 N–H and O–H groups in total. The molecule has 8 heteroatoms. The summed E-state index contributed by atoms with van der Waals surface area (Å²) in [5, 5.41) is 7.70. The van der Waals surface area contributed by atoms with Gasteiger partial charge >= 0.3 is 0 Å². The molecule has 2 atom stereocenters. The predicted octanol–water partition coefficient (Wildman–Crippen LogP) is 3.33. The number of carbonyl (C=O) groups is 3. The Balaban J connectivity index is 1.49. The lowest BCUT2D eigenvalue weighted by molar-refractivity contribution is -0.142. The molecule has 3 aromatic rings. The summed E-state index contributed by atoms with van der Waals surface area (Å²) < 4.78 is 0. The van der Waals surface area contributed by atoms with Gasteiger partial charge in [0.2, 0.25) is 17.7 Å². The largest absolute Gasteiger partial charge is 0.383 e. The van der Waals surface area contributed by atoms with Crippen LogP contribution in [0.1, 0.15) is 50.8 Å². The van der Waals surface area contributed by atoms with Gasteiger partial charge in [0, 0.05) is 30.1 Å². The van der Waals surface area contributed by atoms with Gasteiger partial charge in [-0.15, -0.1) is 0 Å². The Morgan fingerprint density at radius 1 is 1.11 bits per heavy atom. The van der Waals surface area contributed by atoms with Crippen LogP contribution in [0.3, 0.4) is 0 Å². The third-order valence-electron chi connectivity index (χ3n) is 6.50. The number of benzene rings is 2. The maximum atomic E-state index is 13.7.